The molecular formula is C12H23N3O2. The molecule has 0 aliphatic carbocycles. The number of piperidine rings is 1. The van der Waals surface area contributed by atoms with Gasteiger partial charge >= 0.3 is 0 Å². The molecular weight excluding hydrogens is 218 g/mol. The van der Waals surface area contributed by atoms with Crippen LogP contribution in [0, 0.1) is 17.8 Å². The maximum absolute atomic E-state index is 12.2. The van der Waals surface area contributed by atoms with E-state index < -0.39 is 5.92 Å². The number of rotatable bonds is 3. The van der Waals surface area contributed by atoms with Crippen molar-refractivity contribution >= 4 is 11.7 Å². The average Bonchev–Trinajstić information content (AvgIpc) is 2.33. The van der Waals surface area contributed by atoms with Crippen LogP contribution in [0.2, 0.25) is 0 Å². The number of amides is 1. The number of amidine groups is 1. The van der Waals surface area contributed by atoms with Gasteiger partial charge in [0.15, 0.2) is 5.84 Å². The summed E-state index contributed by atoms with van der Waals surface area (Å²) in [7, 11) is 0. The van der Waals surface area contributed by atoms with Crippen LogP contribution >= 0.6 is 0 Å². The van der Waals surface area contributed by atoms with Crippen molar-refractivity contribution in [3.8, 4) is 0 Å². The van der Waals surface area contributed by atoms with Crippen LogP contribution in [0.4, 0.5) is 0 Å². The van der Waals surface area contributed by atoms with Gasteiger partial charge in [-0.3, -0.25) is 4.79 Å². The first-order valence-corrected chi connectivity index (χ1v) is 6.27. The molecule has 5 heteroatoms. The third-order valence-corrected chi connectivity index (χ3v) is 3.82. The van der Waals surface area contributed by atoms with Crippen molar-refractivity contribution < 1.29 is 10.0 Å². The Morgan fingerprint density at radius 1 is 1.53 bits per heavy atom. The highest BCUT2D eigenvalue weighted by Crippen LogP contribution is 2.24. The van der Waals surface area contributed by atoms with Crippen molar-refractivity contribution in [2.45, 2.75) is 33.6 Å². The molecule has 1 saturated heterocycles. The van der Waals surface area contributed by atoms with Crippen LogP contribution in [0.15, 0.2) is 5.16 Å². The summed E-state index contributed by atoms with van der Waals surface area (Å²) in [5.74, 6) is 0.686. The predicted molar refractivity (Wildman–Crippen MR) is 66.7 cm³/mol. The lowest BCUT2D eigenvalue weighted by Crippen LogP contribution is -2.47. The molecule has 3 atom stereocenters. The van der Waals surface area contributed by atoms with Gasteiger partial charge in [0.05, 0.1) is 5.92 Å². The molecule has 0 aromatic heterocycles. The van der Waals surface area contributed by atoms with Gasteiger partial charge in [0.1, 0.15) is 0 Å². The Morgan fingerprint density at radius 3 is 2.65 bits per heavy atom. The van der Waals surface area contributed by atoms with E-state index in [9.17, 15) is 4.79 Å². The number of oxime groups is 1. The van der Waals surface area contributed by atoms with Gasteiger partial charge in [0, 0.05) is 13.1 Å². The van der Waals surface area contributed by atoms with E-state index in [-0.39, 0.29) is 11.7 Å². The summed E-state index contributed by atoms with van der Waals surface area (Å²) in [6, 6.07) is 0. The van der Waals surface area contributed by atoms with E-state index in [1.807, 2.05) is 11.8 Å². The third kappa shape index (κ3) is 3.11. The summed E-state index contributed by atoms with van der Waals surface area (Å²) in [6.07, 6.45) is 1.59. The fraction of sp³-hybridized carbons (Fsp3) is 0.833. The molecule has 0 bridgehead atoms. The van der Waals surface area contributed by atoms with Crippen molar-refractivity contribution in [2.24, 2.45) is 28.6 Å². The second-order valence-electron chi connectivity index (χ2n) is 5.01. The second-order valence-corrected chi connectivity index (χ2v) is 5.01. The fourth-order valence-electron chi connectivity index (χ4n) is 2.26. The Kier molecular flexibility index (Phi) is 4.78. The Morgan fingerprint density at radius 2 is 2.18 bits per heavy atom. The lowest BCUT2D eigenvalue weighted by Gasteiger charge is -2.36. The zero-order chi connectivity index (χ0) is 13.0. The van der Waals surface area contributed by atoms with Gasteiger partial charge in [-0.1, -0.05) is 25.9 Å². The van der Waals surface area contributed by atoms with Crippen molar-refractivity contribution in [3.05, 3.63) is 0 Å². The van der Waals surface area contributed by atoms with Crippen LogP contribution in [0.3, 0.4) is 0 Å². The number of hydrogen-bond donors (Lipinski definition) is 2. The number of nitrogens with zero attached hydrogens (tertiary/aromatic N) is 2. The van der Waals surface area contributed by atoms with E-state index in [2.05, 4.69) is 19.0 Å². The molecule has 0 spiro atoms. The highest BCUT2D eigenvalue weighted by molar-refractivity contribution is 6.02. The molecule has 0 aromatic rings. The largest absolute Gasteiger partial charge is 0.409 e. The van der Waals surface area contributed by atoms with Gasteiger partial charge in [-0.2, -0.15) is 0 Å². The van der Waals surface area contributed by atoms with Crippen LogP contribution in [-0.2, 0) is 4.79 Å². The van der Waals surface area contributed by atoms with Crippen LogP contribution in [0.25, 0.3) is 0 Å². The Hall–Kier alpha value is -1.26. The normalized spacial score (nSPS) is 27.9. The maximum atomic E-state index is 12.2. The topological polar surface area (TPSA) is 78.9 Å². The summed E-state index contributed by atoms with van der Waals surface area (Å²) >= 11 is 0. The Labute approximate surface area is 103 Å². The van der Waals surface area contributed by atoms with Gasteiger partial charge in [-0.15, -0.1) is 0 Å². The molecule has 0 radical (unpaired) electrons. The van der Waals surface area contributed by atoms with E-state index in [1.165, 1.54) is 0 Å². The molecule has 1 fully saturated rings. The smallest absolute Gasteiger partial charge is 0.233 e. The van der Waals surface area contributed by atoms with Crippen LogP contribution in [0.5, 0.6) is 0 Å². The number of nitrogens with two attached hydrogens (primary N) is 1. The molecule has 0 aromatic carbocycles. The van der Waals surface area contributed by atoms with Gasteiger partial charge in [-0.25, -0.2) is 0 Å². The molecule has 1 aliphatic heterocycles. The zero-order valence-electron chi connectivity index (χ0n) is 10.9. The second kappa shape index (κ2) is 5.89. The Balaban J connectivity index is 2.69. The standard InChI is InChI=1S/C12H23N3O2/c1-4-10(11(13)14-17)12(16)15-6-5-8(2)9(3)7-15/h8-10,17H,4-7H2,1-3H3,(H2,13,14). The fourth-order valence-corrected chi connectivity index (χ4v) is 2.26. The van der Waals surface area contributed by atoms with Crippen molar-refractivity contribution in [1.29, 1.82) is 0 Å². The van der Waals surface area contributed by atoms with Crippen LogP contribution < -0.4 is 5.73 Å². The summed E-state index contributed by atoms with van der Waals surface area (Å²) in [5.41, 5.74) is 5.55. The van der Waals surface area contributed by atoms with E-state index >= 15 is 0 Å². The lowest BCUT2D eigenvalue weighted by molar-refractivity contribution is -0.135. The van der Waals surface area contributed by atoms with Gasteiger partial charge < -0.3 is 15.8 Å². The highest BCUT2D eigenvalue weighted by Gasteiger charge is 2.31. The first kappa shape index (κ1) is 13.8. The minimum atomic E-state index is -0.486. The number of carbonyl (C=O) groups is 1. The number of hydrogen-bond acceptors (Lipinski definition) is 3. The lowest BCUT2D eigenvalue weighted by atomic mass is 9.88. The first-order chi connectivity index (χ1) is 8.01. The van der Waals surface area contributed by atoms with Crippen LogP contribution in [-0.4, -0.2) is 34.9 Å². The quantitative estimate of drug-likeness (QED) is 0.338. The SMILES string of the molecule is CCC(C(=O)N1CCC(C)C(C)C1)C(N)=NO. The highest BCUT2D eigenvalue weighted by atomic mass is 16.4. The monoisotopic (exact) mass is 241 g/mol. The summed E-state index contributed by atoms with van der Waals surface area (Å²) < 4.78 is 0. The van der Waals surface area contributed by atoms with Crippen molar-refractivity contribution in [1.82, 2.24) is 4.90 Å². The first-order valence-electron chi connectivity index (χ1n) is 6.27. The summed E-state index contributed by atoms with van der Waals surface area (Å²) in [4.78, 5) is 14.1. The molecule has 3 N–H and O–H groups in total. The van der Waals surface area contributed by atoms with Gasteiger partial charge in [0.2, 0.25) is 5.91 Å². The molecule has 1 heterocycles. The summed E-state index contributed by atoms with van der Waals surface area (Å²) in [6.45, 7) is 7.80. The molecule has 0 saturated carbocycles. The minimum absolute atomic E-state index is 0.0125. The average molecular weight is 241 g/mol. The number of carbonyl (C=O) groups excluding carboxylic acids is 1. The third-order valence-electron chi connectivity index (χ3n) is 3.82. The van der Waals surface area contributed by atoms with E-state index in [4.69, 9.17) is 10.9 Å². The van der Waals surface area contributed by atoms with Gasteiger partial charge in [-0.05, 0) is 24.7 Å². The molecule has 17 heavy (non-hydrogen) atoms. The molecule has 5 nitrogen and oxygen atoms in total. The maximum Gasteiger partial charge on any atom is 0.233 e. The molecule has 98 valence electrons. The van der Waals surface area contributed by atoms with E-state index in [0.29, 0.717) is 18.3 Å². The van der Waals surface area contributed by atoms with E-state index in [1.54, 1.807) is 0 Å². The number of likely N-dealkylation sites (tertiary alicyclic amines) is 1. The minimum Gasteiger partial charge on any atom is -0.409 e. The van der Waals surface area contributed by atoms with Gasteiger partial charge in [0.25, 0.3) is 0 Å². The molecule has 1 rings (SSSR count). The molecule has 3 unspecified atom stereocenters. The summed E-state index contributed by atoms with van der Waals surface area (Å²) in [5, 5.41) is 11.6. The predicted octanol–water partition coefficient (Wildman–Crippen LogP) is 1.26. The van der Waals surface area contributed by atoms with Crippen LogP contribution in [0.1, 0.15) is 33.6 Å². The molecule has 1 aliphatic rings. The van der Waals surface area contributed by atoms with Crippen molar-refractivity contribution in [3.63, 3.8) is 0 Å². The van der Waals surface area contributed by atoms with E-state index in [0.717, 1.165) is 19.5 Å². The van der Waals surface area contributed by atoms with Crippen molar-refractivity contribution in [2.75, 3.05) is 13.1 Å². The molecule has 1 amide bonds. The zero-order valence-corrected chi connectivity index (χ0v) is 10.9. The Bertz CT molecular complexity index is 304.